The quantitative estimate of drug-likeness (QED) is 0.162. The molecule has 0 aromatic heterocycles. The van der Waals surface area contributed by atoms with Gasteiger partial charge in [0.2, 0.25) is 0 Å². The maximum atomic E-state index is 2.34. The first-order valence-corrected chi connectivity index (χ1v) is 24.7. The Balaban J connectivity index is 0.000000182. The van der Waals surface area contributed by atoms with Crippen LogP contribution in [0.3, 0.4) is 0 Å². The summed E-state index contributed by atoms with van der Waals surface area (Å²) in [7, 11) is 0. The molecule has 0 heterocycles. The fourth-order valence-electron chi connectivity index (χ4n) is 8.81. The van der Waals surface area contributed by atoms with Crippen LogP contribution in [0.1, 0.15) is 177 Å². The summed E-state index contributed by atoms with van der Waals surface area (Å²) in [6.07, 6.45) is 0. The second-order valence-electron chi connectivity index (χ2n) is 20.7. The maximum Gasteiger partial charge on any atom is -0.0125 e. The number of hydrogen-bond donors (Lipinski definition) is 0. The lowest BCUT2D eigenvalue weighted by Gasteiger charge is -2.12. The highest BCUT2D eigenvalue weighted by Gasteiger charge is 2.08. The van der Waals surface area contributed by atoms with E-state index in [4.69, 9.17) is 0 Å². The minimum atomic E-state index is 0.601. The molecule has 0 unspecified atom stereocenters. The topological polar surface area (TPSA) is 0 Å². The van der Waals surface area contributed by atoms with E-state index < -0.39 is 0 Å². The molecule has 66 heavy (non-hydrogen) atoms. The Hall–Kier alpha value is -5.46. The van der Waals surface area contributed by atoms with Gasteiger partial charge in [0.25, 0.3) is 0 Å². The molecule has 8 rings (SSSR count). The molecule has 0 fully saturated rings. The minimum Gasteiger partial charge on any atom is -0.0617 e. The number of aryl methyl sites for hydroxylation is 9. The van der Waals surface area contributed by atoms with Crippen LogP contribution in [0.5, 0.6) is 0 Å². The molecule has 0 amide bonds. The van der Waals surface area contributed by atoms with Crippen molar-refractivity contribution in [2.75, 3.05) is 0 Å². The molecule has 0 bridgehead atoms. The smallest absolute Gasteiger partial charge is 0.0125 e. The zero-order valence-corrected chi connectivity index (χ0v) is 44.6. The molecule has 0 aliphatic carbocycles. The van der Waals surface area contributed by atoms with Crippen molar-refractivity contribution in [1.29, 1.82) is 0 Å². The third-order valence-corrected chi connectivity index (χ3v) is 12.7. The summed E-state index contributed by atoms with van der Waals surface area (Å²) in [5.74, 6) is 3.12. The van der Waals surface area contributed by atoms with E-state index in [-0.39, 0.29) is 0 Å². The number of benzene rings is 8. The van der Waals surface area contributed by atoms with Crippen LogP contribution in [0.4, 0.5) is 0 Å². The first kappa shape index (κ1) is 53.2. The molecule has 0 aliphatic rings. The summed E-state index contributed by atoms with van der Waals surface area (Å²) in [4.78, 5) is 0. The summed E-state index contributed by atoms with van der Waals surface area (Å²) >= 11 is 0. The molecule has 0 atom stereocenters. The highest BCUT2D eigenvalue weighted by Crippen LogP contribution is 2.30. The Labute approximate surface area is 402 Å². The third-order valence-electron chi connectivity index (χ3n) is 12.7. The highest BCUT2D eigenvalue weighted by atomic mass is 14.1. The fourth-order valence-corrected chi connectivity index (χ4v) is 8.81. The van der Waals surface area contributed by atoms with Crippen LogP contribution in [0, 0.1) is 62.3 Å². The maximum absolute atomic E-state index is 2.34. The van der Waals surface area contributed by atoms with Crippen molar-refractivity contribution < 1.29 is 0 Å². The zero-order valence-electron chi connectivity index (χ0n) is 44.6. The standard InChI is InChI=1S/C16H20.C15H18.C14H16.C11H16.C10H14/c1-10(2)14-8-13(5)16-12(4)6-11(3)7-15(16)9-14;1-10(2)13-8-12(4)15-6-5-11(3)7-14(15)9-13;1-10(2)13-8-11(3)14-7-5-4-6-12(14)9-13;1-8(2)11-6-9(3)5-10(4)7-11;1-8(2)10-6-4-5-9(3)7-10/h6-10H,1-5H3;5-10H,1-4H3;4-10H,1-3H3;5-8H,1-4H3;4-8H,1-3H3. The zero-order chi connectivity index (χ0) is 49.0. The molecule has 8 aromatic carbocycles. The van der Waals surface area contributed by atoms with Gasteiger partial charge in [0.1, 0.15) is 0 Å². The van der Waals surface area contributed by atoms with Gasteiger partial charge in [0, 0.05) is 0 Å². The van der Waals surface area contributed by atoms with Crippen molar-refractivity contribution in [3.63, 3.8) is 0 Å². The van der Waals surface area contributed by atoms with E-state index in [0.717, 1.165) is 0 Å². The molecule has 0 aliphatic heterocycles. The second-order valence-corrected chi connectivity index (χ2v) is 20.7. The minimum absolute atomic E-state index is 0.601. The van der Waals surface area contributed by atoms with Crippen LogP contribution >= 0.6 is 0 Å². The van der Waals surface area contributed by atoms with Crippen LogP contribution in [0.15, 0.2) is 133 Å². The Kier molecular flexibility index (Phi) is 19.6. The van der Waals surface area contributed by atoms with Gasteiger partial charge in [-0.15, -0.1) is 0 Å². The van der Waals surface area contributed by atoms with Crippen LogP contribution in [0.2, 0.25) is 0 Å². The van der Waals surface area contributed by atoms with E-state index in [1.54, 1.807) is 0 Å². The van der Waals surface area contributed by atoms with Gasteiger partial charge >= 0.3 is 0 Å². The van der Waals surface area contributed by atoms with Crippen molar-refractivity contribution in [2.24, 2.45) is 0 Å². The van der Waals surface area contributed by atoms with Gasteiger partial charge < -0.3 is 0 Å². The lowest BCUT2D eigenvalue weighted by Crippen LogP contribution is -1.92. The SMILES string of the molecule is Cc1cc(C(C)C)cc2ccccc12.Cc1cc(C)c2c(C)cc(C(C)C)cc2c1.Cc1cc(C)cc(C(C)C)c1.Cc1ccc2c(C)cc(C(C)C)cc2c1.Cc1cccc(C(C)C)c1. The Morgan fingerprint density at radius 3 is 1.15 bits per heavy atom. The Bertz CT molecular complexity index is 2800. The molecule has 0 radical (unpaired) electrons. The second kappa shape index (κ2) is 24.3. The normalized spacial score (nSPS) is 11.0. The molecular formula is C66H84. The van der Waals surface area contributed by atoms with Gasteiger partial charge in [-0.25, -0.2) is 0 Å². The number of fused-ring (bicyclic) bond motifs is 3. The van der Waals surface area contributed by atoms with Gasteiger partial charge in [0.15, 0.2) is 0 Å². The number of hydrogen-bond acceptors (Lipinski definition) is 0. The molecule has 0 saturated carbocycles. The Morgan fingerprint density at radius 1 is 0.242 bits per heavy atom. The van der Waals surface area contributed by atoms with Gasteiger partial charge in [0.05, 0.1) is 0 Å². The third kappa shape index (κ3) is 15.3. The molecule has 0 saturated heterocycles. The first-order chi connectivity index (χ1) is 31.0. The van der Waals surface area contributed by atoms with E-state index in [1.165, 1.54) is 110 Å². The van der Waals surface area contributed by atoms with Gasteiger partial charge in [-0.05, 0) is 174 Å². The van der Waals surface area contributed by atoms with Crippen LogP contribution in [0.25, 0.3) is 32.3 Å². The molecule has 0 nitrogen and oxygen atoms in total. The van der Waals surface area contributed by atoms with Gasteiger partial charge in [-0.3, -0.25) is 0 Å². The van der Waals surface area contributed by atoms with Crippen molar-refractivity contribution in [2.45, 2.75) is 161 Å². The number of rotatable bonds is 5. The molecule has 0 heteroatoms. The highest BCUT2D eigenvalue weighted by molar-refractivity contribution is 5.90. The van der Waals surface area contributed by atoms with E-state index >= 15 is 0 Å². The largest absolute Gasteiger partial charge is 0.0617 e. The summed E-state index contributed by atoms with van der Waals surface area (Å²) < 4.78 is 0. The van der Waals surface area contributed by atoms with E-state index in [1.807, 2.05) is 0 Å². The predicted octanol–water partition coefficient (Wildman–Crippen LogP) is 20.3. The summed E-state index contributed by atoms with van der Waals surface area (Å²) in [6, 6.07) is 49.1. The molecule has 0 N–H and O–H groups in total. The van der Waals surface area contributed by atoms with Gasteiger partial charge in [-0.2, -0.15) is 0 Å². The molecule has 0 spiro atoms. The van der Waals surface area contributed by atoms with Gasteiger partial charge in [-0.1, -0.05) is 231 Å². The van der Waals surface area contributed by atoms with E-state index in [9.17, 15) is 0 Å². The van der Waals surface area contributed by atoms with Crippen LogP contribution in [-0.2, 0) is 0 Å². The van der Waals surface area contributed by atoms with Crippen molar-refractivity contribution in [3.05, 3.63) is 211 Å². The monoisotopic (exact) mass is 877 g/mol. The summed E-state index contributed by atoms with van der Waals surface area (Å²) in [5, 5.41) is 8.30. The van der Waals surface area contributed by atoms with Crippen molar-refractivity contribution >= 4 is 32.3 Å². The average Bonchev–Trinajstić information content (AvgIpc) is 3.23. The van der Waals surface area contributed by atoms with Crippen LogP contribution in [-0.4, -0.2) is 0 Å². The predicted molar refractivity (Wildman–Crippen MR) is 298 cm³/mol. The molecular weight excluding hydrogens is 793 g/mol. The Morgan fingerprint density at radius 2 is 0.636 bits per heavy atom. The lowest BCUT2D eigenvalue weighted by atomic mass is 9.92. The fraction of sp³-hybridized carbons (Fsp3) is 0.364. The summed E-state index contributed by atoms with van der Waals surface area (Å²) in [5.41, 5.74) is 19.5. The van der Waals surface area contributed by atoms with Crippen molar-refractivity contribution in [3.8, 4) is 0 Å². The van der Waals surface area contributed by atoms with Crippen LogP contribution < -0.4 is 0 Å². The summed E-state index contributed by atoms with van der Waals surface area (Å²) in [6.45, 7) is 41.9. The first-order valence-electron chi connectivity index (χ1n) is 24.7. The molecule has 8 aromatic rings. The van der Waals surface area contributed by atoms with E-state index in [0.29, 0.717) is 29.6 Å². The van der Waals surface area contributed by atoms with E-state index in [2.05, 4.69) is 265 Å². The van der Waals surface area contributed by atoms with Crippen molar-refractivity contribution in [1.82, 2.24) is 0 Å². The lowest BCUT2D eigenvalue weighted by molar-refractivity contribution is 0.863. The average molecular weight is 877 g/mol. The molecule has 348 valence electrons.